The van der Waals surface area contributed by atoms with Crippen LogP contribution >= 0.6 is 0 Å². The molecule has 0 aromatic carbocycles. The number of nitrogens with zero attached hydrogens (tertiary/aromatic N) is 2. The third-order valence-corrected chi connectivity index (χ3v) is 4.06. The Balaban J connectivity index is 2.02. The number of pyridine rings is 1. The molecular formula is C18H26N2O. The van der Waals surface area contributed by atoms with Crippen molar-refractivity contribution in [2.45, 2.75) is 57.6 Å². The smallest absolute Gasteiger partial charge is 0.122 e. The van der Waals surface area contributed by atoms with Crippen LogP contribution in [0, 0.1) is 11.8 Å². The summed E-state index contributed by atoms with van der Waals surface area (Å²) in [6, 6.07) is 4.56. The molecule has 2 rings (SSSR count). The number of hydrogen-bond acceptors (Lipinski definition) is 3. The quantitative estimate of drug-likeness (QED) is 0.864. The van der Waals surface area contributed by atoms with E-state index in [-0.39, 0.29) is 0 Å². The highest BCUT2D eigenvalue weighted by atomic mass is 16.3. The lowest BCUT2D eigenvalue weighted by Crippen LogP contribution is -2.34. The molecule has 0 saturated carbocycles. The van der Waals surface area contributed by atoms with Crippen molar-refractivity contribution in [3.05, 3.63) is 30.1 Å². The fraction of sp³-hybridized carbons (Fsp3) is 0.611. The molecule has 114 valence electrons. The molecule has 1 aromatic rings. The highest BCUT2D eigenvalue weighted by molar-refractivity contribution is 5.17. The fourth-order valence-corrected chi connectivity index (χ4v) is 3.01. The lowest BCUT2D eigenvalue weighted by Gasteiger charge is -2.34. The molecule has 2 unspecified atom stereocenters. The predicted octanol–water partition coefficient (Wildman–Crippen LogP) is 3.16. The van der Waals surface area contributed by atoms with E-state index in [1.807, 2.05) is 18.5 Å². The molecule has 3 nitrogen and oxygen atoms in total. The van der Waals surface area contributed by atoms with Gasteiger partial charge in [0, 0.05) is 18.4 Å². The minimum Gasteiger partial charge on any atom is -0.378 e. The van der Waals surface area contributed by atoms with E-state index in [1.165, 1.54) is 24.8 Å². The molecule has 3 heteroatoms. The topological polar surface area (TPSA) is 36.4 Å². The highest BCUT2D eigenvalue weighted by Gasteiger charge is 2.23. The molecule has 0 spiro atoms. The second-order valence-electron chi connectivity index (χ2n) is 6.09. The Morgan fingerprint density at radius 2 is 2.33 bits per heavy atom. The number of piperidine rings is 1. The van der Waals surface area contributed by atoms with E-state index in [9.17, 15) is 5.11 Å². The molecule has 0 radical (unpaired) electrons. The van der Waals surface area contributed by atoms with E-state index < -0.39 is 5.60 Å². The lowest BCUT2D eigenvalue weighted by atomic mass is 9.96. The zero-order valence-corrected chi connectivity index (χ0v) is 13.2. The molecule has 1 aliphatic heterocycles. The number of aliphatic hydroxyl groups is 1. The molecule has 1 saturated heterocycles. The van der Waals surface area contributed by atoms with Crippen molar-refractivity contribution < 1.29 is 5.11 Å². The lowest BCUT2D eigenvalue weighted by molar-refractivity contribution is 0.111. The van der Waals surface area contributed by atoms with Crippen LogP contribution in [0.5, 0.6) is 0 Å². The first-order valence-electron chi connectivity index (χ1n) is 7.99. The molecule has 1 N–H and O–H groups in total. The van der Waals surface area contributed by atoms with Crippen LogP contribution in [0.1, 0.15) is 57.6 Å². The highest BCUT2D eigenvalue weighted by Crippen LogP contribution is 2.29. The molecular weight excluding hydrogens is 260 g/mol. The molecule has 0 aliphatic carbocycles. The van der Waals surface area contributed by atoms with Gasteiger partial charge in [-0.3, -0.25) is 9.88 Å². The van der Waals surface area contributed by atoms with Crippen LogP contribution < -0.4 is 0 Å². The Kier molecular flexibility index (Phi) is 5.78. The van der Waals surface area contributed by atoms with Crippen molar-refractivity contribution in [2.24, 2.45) is 0 Å². The second kappa shape index (κ2) is 7.59. The van der Waals surface area contributed by atoms with E-state index in [0.717, 1.165) is 25.9 Å². The number of likely N-dealkylation sites (tertiary alicyclic amines) is 1. The minimum atomic E-state index is -0.853. The maximum Gasteiger partial charge on any atom is 0.122 e. The standard InChI is InChI=1S/C18H26N2O/c1-3-10-18(2,21)11-7-14-20-13-5-4-9-17(20)16-8-6-12-19-15-16/h6,8,12,15,17,21H,3-5,9-10,13-14H2,1-2H3. The van der Waals surface area contributed by atoms with Crippen LogP contribution in [0.25, 0.3) is 0 Å². The molecule has 0 bridgehead atoms. The van der Waals surface area contributed by atoms with Gasteiger partial charge < -0.3 is 5.11 Å². The molecule has 21 heavy (non-hydrogen) atoms. The van der Waals surface area contributed by atoms with E-state index >= 15 is 0 Å². The largest absolute Gasteiger partial charge is 0.378 e. The normalized spacial score (nSPS) is 22.1. The zero-order valence-electron chi connectivity index (χ0n) is 13.2. The van der Waals surface area contributed by atoms with Gasteiger partial charge in [0.1, 0.15) is 5.60 Å². The average Bonchev–Trinajstić information content (AvgIpc) is 2.48. The fourth-order valence-electron chi connectivity index (χ4n) is 3.01. The van der Waals surface area contributed by atoms with Gasteiger partial charge in [0.05, 0.1) is 6.54 Å². The minimum absolute atomic E-state index is 0.415. The van der Waals surface area contributed by atoms with Gasteiger partial charge in [0.25, 0.3) is 0 Å². The Hall–Kier alpha value is -1.37. The Morgan fingerprint density at radius 1 is 1.48 bits per heavy atom. The van der Waals surface area contributed by atoms with Gasteiger partial charge in [-0.25, -0.2) is 0 Å². The van der Waals surface area contributed by atoms with Gasteiger partial charge in [0.2, 0.25) is 0 Å². The van der Waals surface area contributed by atoms with Crippen LogP contribution in [0.3, 0.4) is 0 Å². The third kappa shape index (κ3) is 4.84. The zero-order chi connectivity index (χ0) is 15.1. The number of aromatic nitrogens is 1. The number of hydrogen-bond donors (Lipinski definition) is 1. The van der Waals surface area contributed by atoms with Gasteiger partial charge in [-0.1, -0.05) is 37.7 Å². The van der Waals surface area contributed by atoms with Gasteiger partial charge in [-0.15, -0.1) is 0 Å². The molecule has 0 amide bonds. The van der Waals surface area contributed by atoms with Gasteiger partial charge in [0.15, 0.2) is 0 Å². The van der Waals surface area contributed by atoms with Gasteiger partial charge >= 0.3 is 0 Å². The van der Waals surface area contributed by atoms with Crippen LogP contribution in [0.15, 0.2) is 24.5 Å². The van der Waals surface area contributed by atoms with Crippen molar-refractivity contribution in [3.63, 3.8) is 0 Å². The molecule has 2 atom stereocenters. The maximum absolute atomic E-state index is 10.1. The summed E-state index contributed by atoms with van der Waals surface area (Å²) in [4.78, 5) is 6.65. The van der Waals surface area contributed by atoms with Crippen molar-refractivity contribution in [1.82, 2.24) is 9.88 Å². The summed E-state index contributed by atoms with van der Waals surface area (Å²) in [5.41, 5.74) is 0.424. The van der Waals surface area contributed by atoms with Crippen molar-refractivity contribution in [3.8, 4) is 11.8 Å². The summed E-state index contributed by atoms with van der Waals surface area (Å²) in [7, 11) is 0. The summed E-state index contributed by atoms with van der Waals surface area (Å²) in [6.07, 6.45) is 9.11. The van der Waals surface area contributed by atoms with E-state index in [0.29, 0.717) is 6.04 Å². The van der Waals surface area contributed by atoms with Crippen LogP contribution in [-0.4, -0.2) is 33.7 Å². The summed E-state index contributed by atoms with van der Waals surface area (Å²) < 4.78 is 0. The summed E-state index contributed by atoms with van der Waals surface area (Å²) in [6.45, 7) is 5.67. The van der Waals surface area contributed by atoms with E-state index in [2.05, 4.69) is 34.7 Å². The summed E-state index contributed by atoms with van der Waals surface area (Å²) in [5.74, 6) is 6.21. The second-order valence-corrected chi connectivity index (χ2v) is 6.09. The van der Waals surface area contributed by atoms with Crippen molar-refractivity contribution in [1.29, 1.82) is 0 Å². The van der Waals surface area contributed by atoms with Crippen LogP contribution in [0.4, 0.5) is 0 Å². The first-order chi connectivity index (χ1) is 10.1. The van der Waals surface area contributed by atoms with Crippen molar-refractivity contribution in [2.75, 3.05) is 13.1 Å². The molecule has 2 heterocycles. The van der Waals surface area contributed by atoms with Gasteiger partial charge in [-0.05, 0) is 44.4 Å². The first-order valence-corrected chi connectivity index (χ1v) is 7.99. The SMILES string of the molecule is CCCC(C)(O)C#CCN1CCCCC1c1cccnc1. The molecule has 1 aliphatic rings. The maximum atomic E-state index is 10.1. The average molecular weight is 286 g/mol. The predicted molar refractivity (Wildman–Crippen MR) is 85.7 cm³/mol. The summed E-state index contributed by atoms with van der Waals surface area (Å²) >= 11 is 0. The van der Waals surface area contributed by atoms with Crippen molar-refractivity contribution >= 4 is 0 Å². The van der Waals surface area contributed by atoms with Crippen LogP contribution in [-0.2, 0) is 0 Å². The molecule has 1 aromatic heterocycles. The van der Waals surface area contributed by atoms with Gasteiger partial charge in [-0.2, -0.15) is 0 Å². The third-order valence-electron chi connectivity index (χ3n) is 4.06. The first kappa shape index (κ1) is 16.0. The summed E-state index contributed by atoms with van der Waals surface area (Å²) in [5, 5.41) is 10.1. The van der Waals surface area contributed by atoms with E-state index in [1.54, 1.807) is 6.92 Å². The Labute approximate surface area is 128 Å². The van der Waals surface area contributed by atoms with Crippen LogP contribution in [0.2, 0.25) is 0 Å². The van der Waals surface area contributed by atoms with E-state index in [4.69, 9.17) is 0 Å². The monoisotopic (exact) mass is 286 g/mol. The Morgan fingerprint density at radius 3 is 3.05 bits per heavy atom. The molecule has 1 fully saturated rings. The number of rotatable bonds is 4. The Bertz CT molecular complexity index is 487.